The summed E-state index contributed by atoms with van der Waals surface area (Å²) in [6.45, 7) is 0. The van der Waals surface area contributed by atoms with Gasteiger partial charge in [-0.1, -0.05) is 23.7 Å². The molecular formula is C16H10ClFN2OS. The van der Waals surface area contributed by atoms with Crippen molar-refractivity contribution < 1.29 is 9.18 Å². The Kier molecular flexibility index (Phi) is 3.92. The summed E-state index contributed by atoms with van der Waals surface area (Å²) in [7, 11) is 0. The third-order valence-corrected chi connectivity index (χ3v) is 3.68. The van der Waals surface area contributed by atoms with Crippen molar-refractivity contribution in [2.75, 3.05) is 4.90 Å². The second-order valence-electron chi connectivity index (χ2n) is 4.66. The van der Waals surface area contributed by atoms with Crippen molar-refractivity contribution in [3.05, 3.63) is 70.6 Å². The fourth-order valence-corrected chi connectivity index (χ4v) is 2.51. The lowest BCUT2D eigenvalue weighted by atomic mass is 10.2. The number of amides is 1. The zero-order valence-corrected chi connectivity index (χ0v) is 12.8. The first kappa shape index (κ1) is 14.7. The first-order valence-corrected chi connectivity index (χ1v) is 7.21. The summed E-state index contributed by atoms with van der Waals surface area (Å²) in [6, 6.07) is 12.7. The van der Waals surface area contributed by atoms with Gasteiger partial charge in [0.2, 0.25) is 0 Å². The predicted molar refractivity (Wildman–Crippen MR) is 89.0 cm³/mol. The topological polar surface area (TPSA) is 32.3 Å². The van der Waals surface area contributed by atoms with Crippen LogP contribution < -0.4 is 10.2 Å². The van der Waals surface area contributed by atoms with E-state index in [1.165, 1.54) is 17.0 Å². The lowest BCUT2D eigenvalue weighted by molar-refractivity contribution is -0.113. The number of carbonyl (C=O) groups is 1. The van der Waals surface area contributed by atoms with E-state index in [0.717, 1.165) is 0 Å². The van der Waals surface area contributed by atoms with E-state index in [1.54, 1.807) is 42.5 Å². The molecule has 1 amide bonds. The van der Waals surface area contributed by atoms with Gasteiger partial charge in [-0.2, -0.15) is 0 Å². The van der Waals surface area contributed by atoms with Gasteiger partial charge in [0.1, 0.15) is 11.5 Å². The summed E-state index contributed by atoms with van der Waals surface area (Å²) in [5.74, 6) is -0.595. The van der Waals surface area contributed by atoms with Crippen molar-refractivity contribution >= 4 is 46.6 Å². The highest BCUT2D eigenvalue weighted by molar-refractivity contribution is 7.80. The van der Waals surface area contributed by atoms with Crippen LogP contribution in [0.3, 0.4) is 0 Å². The lowest BCUT2D eigenvalue weighted by Gasteiger charge is -2.13. The number of nitrogens with one attached hydrogen (secondary N) is 1. The van der Waals surface area contributed by atoms with E-state index in [1.807, 2.05) is 0 Å². The van der Waals surface area contributed by atoms with E-state index < -0.39 is 0 Å². The standard InChI is InChI=1S/C16H10ClFN2OS/c17-11-3-7-13(8-4-11)20-15(21)14(19-16(20)22)9-10-1-5-12(18)6-2-10/h1-9H,(H,19,22). The van der Waals surface area contributed by atoms with Gasteiger partial charge in [0.15, 0.2) is 5.11 Å². The minimum absolute atomic E-state index is 0.267. The molecule has 110 valence electrons. The zero-order valence-electron chi connectivity index (χ0n) is 11.2. The summed E-state index contributed by atoms with van der Waals surface area (Å²) in [5, 5.41) is 3.74. The molecule has 0 unspecified atom stereocenters. The third-order valence-electron chi connectivity index (χ3n) is 3.14. The first-order chi connectivity index (χ1) is 10.5. The molecule has 0 spiro atoms. The Morgan fingerprint density at radius 1 is 1.09 bits per heavy atom. The van der Waals surface area contributed by atoms with Crippen molar-refractivity contribution in [3.63, 3.8) is 0 Å². The van der Waals surface area contributed by atoms with Gasteiger partial charge in [-0.15, -0.1) is 0 Å². The molecule has 0 atom stereocenters. The van der Waals surface area contributed by atoms with Gasteiger partial charge in [-0.25, -0.2) is 4.39 Å². The highest BCUT2D eigenvalue weighted by Gasteiger charge is 2.31. The number of anilines is 1. The number of nitrogens with zero attached hydrogens (tertiary/aromatic N) is 1. The SMILES string of the molecule is O=C1C(=Cc2ccc(F)cc2)NC(=S)N1c1ccc(Cl)cc1. The van der Waals surface area contributed by atoms with Crippen LogP contribution >= 0.6 is 23.8 Å². The van der Waals surface area contributed by atoms with Crippen LogP contribution in [0.2, 0.25) is 5.02 Å². The van der Waals surface area contributed by atoms with Crippen LogP contribution in [0.4, 0.5) is 10.1 Å². The van der Waals surface area contributed by atoms with Crippen molar-refractivity contribution in [2.45, 2.75) is 0 Å². The highest BCUT2D eigenvalue weighted by atomic mass is 35.5. The molecule has 3 nitrogen and oxygen atoms in total. The van der Waals surface area contributed by atoms with Crippen molar-refractivity contribution in [1.82, 2.24) is 5.32 Å². The van der Waals surface area contributed by atoms with Crippen LogP contribution in [-0.2, 0) is 4.79 Å². The predicted octanol–water partition coefficient (Wildman–Crippen LogP) is 3.74. The summed E-state index contributed by atoms with van der Waals surface area (Å²) >= 11 is 11.1. The Labute approximate surface area is 137 Å². The normalized spacial score (nSPS) is 16.3. The van der Waals surface area contributed by atoms with Gasteiger partial charge >= 0.3 is 0 Å². The molecule has 1 heterocycles. The van der Waals surface area contributed by atoms with Crippen LogP contribution in [0, 0.1) is 5.82 Å². The minimum Gasteiger partial charge on any atom is -0.327 e. The molecule has 0 radical (unpaired) electrons. The molecular weight excluding hydrogens is 323 g/mol. The van der Waals surface area contributed by atoms with Crippen LogP contribution in [0.25, 0.3) is 6.08 Å². The Hall–Kier alpha value is -2.24. The Balaban J connectivity index is 1.91. The first-order valence-electron chi connectivity index (χ1n) is 6.43. The average molecular weight is 333 g/mol. The van der Waals surface area contributed by atoms with Gasteiger partial charge in [0.05, 0.1) is 5.69 Å². The average Bonchev–Trinajstić information content (AvgIpc) is 2.77. The number of hydrogen-bond donors (Lipinski definition) is 1. The summed E-state index contributed by atoms with van der Waals surface area (Å²) < 4.78 is 12.9. The van der Waals surface area contributed by atoms with Gasteiger partial charge in [0.25, 0.3) is 5.91 Å². The van der Waals surface area contributed by atoms with Crippen LogP contribution in [0.15, 0.2) is 54.2 Å². The van der Waals surface area contributed by atoms with Crippen LogP contribution in [0.5, 0.6) is 0 Å². The maximum atomic E-state index is 12.9. The summed E-state index contributed by atoms with van der Waals surface area (Å²) in [6.07, 6.45) is 1.63. The third kappa shape index (κ3) is 2.86. The largest absolute Gasteiger partial charge is 0.327 e. The lowest BCUT2D eigenvalue weighted by Crippen LogP contribution is -2.30. The Bertz CT molecular complexity index is 772. The number of thiocarbonyl (C=S) groups is 1. The maximum Gasteiger partial charge on any atom is 0.281 e. The second kappa shape index (κ2) is 5.87. The maximum absolute atomic E-state index is 12.9. The number of carbonyl (C=O) groups excluding carboxylic acids is 1. The van der Waals surface area contributed by atoms with E-state index in [9.17, 15) is 9.18 Å². The molecule has 2 aromatic carbocycles. The second-order valence-corrected chi connectivity index (χ2v) is 5.48. The molecule has 6 heteroatoms. The molecule has 1 saturated heterocycles. The zero-order chi connectivity index (χ0) is 15.7. The molecule has 22 heavy (non-hydrogen) atoms. The quantitative estimate of drug-likeness (QED) is 0.671. The fraction of sp³-hybridized carbons (Fsp3) is 0. The van der Waals surface area contributed by atoms with Crippen molar-refractivity contribution in [2.24, 2.45) is 0 Å². The molecule has 1 fully saturated rings. The molecule has 1 N–H and O–H groups in total. The van der Waals surface area contributed by atoms with Gasteiger partial charge in [-0.05, 0) is 60.3 Å². The van der Waals surface area contributed by atoms with Crippen molar-refractivity contribution in [1.29, 1.82) is 0 Å². The van der Waals surface area contributed by atoms with E-state index >= 15 is 0 Å². The van der Waals surface area contributed by atoms with E-state index in [0.29, 0.717) is 27.1 Å². The molecule has 0 saturated carbocycles. The smallest absolute Gasteiger partial charge is 0.281 e. The number of rotatable bonds is 2. The minimum atomic E-state index is -0.328. The highest BCUT2D eigenvalue weighted by Crippen LogP contribution is 2.24. The molecule has 1 aliphatic rings. The number of benzene rings is 2. The number of halogens is 2. The van der Waals surface area contributed by atoms with Crippen LogP contribution in [0.1, 0.15) is 5.56 Å². The number of hydrogen-bond acceptors (Lipinski definition) is 2. The summed E-state index contributed by atoms with van der Waals surface area (Å²) in [4.78, 5) is 13.9. The van der Waals surface area contributed by atoms with Gasteiger partial charge < -0.3 is 5.32 Å². The molecule has 2 aromatic rings. The Morgan fingerprint density at radius 2 is 1.73 bits per heavy atom. The Morgan fingerprint density at radius 3 is 2.36 bits per heavy atom. The van der Waals surface area contributed by atoms with Gasteiger partial charge in [0, 0.05) is 5.02 Å². The molecule has 1 aliphatic heterocycles. The summed E-state index contributed by atoms with van der Waals surface area (Å²) in [5.41, 5.74) is 1.68. The van der Waals surface area contributed by atoms with Gasteiger partial charge in [-0.3, -0.25) is 9.69 Å². The molecule has 0 aromatic heterocycles. The molecule has 0 bridgehead atoms. The van der Waals surface area contributed by atoms with E-state index in [4.69, 9.17) is 23.8 Å². The van der Waals surface area contributed by atoms with Crippen molar-refractivity contribution in [3.8, 4) is 0 Å². The fourth-order valence-electron chi connectivity index (χ4n) is 2.09. The molecule has 0 aliphatic carbocycles. The van der Waals surface area contributed by atoms with E-state index in [-0.39, 0.29) is 11.7 Å². The van der Waals surface area contributed by atoms with Crippen LogP contribution in [-0.4, -0.2) is 11.0 Å². The molecule has 3 rings (SSSR count). The monoisotopic (exact) mass is 332 g/mol. The van der Waals surface area contributed by atoms with E-state index in [2.05, 4.69) is 5.32 Å².